The molecule has 0 atom stereocenters. The van der Waals surface area contributed by atoms with Gasteiger partial charge in [0, 0.05) is 4.90 Å². The van der Waals surface area contributed by atoms with E-state index in [1.165, 1.54) is 0 Å². The molecule has 1 aromatic carbocycles. The molecule has 0 unspecified atom stereocenters. The Labute approximate surface area is 101 Å². The summed E-state index contributed by atoms with van der Waals surface area (Å²) in [6.45, 7) is 4.58. The summed E-state index contributed by atoms with van der Waals surface area (Å²) in [5.41, 5.74) is 0.530. The predicted octanol–water partition coefficient (Wildman–Crippen LogP) is 2.56. The Balaban J connectivity index is 2.32. The van der Waals surface area contributed by atoms with Crippen LogP contribution in [0.15, 0.2) is 29.2 Å². The summed E-state index contributed by atoms with van der Waals surface area (Å²) in [5, 5.41) is 0. The molecule has 0 fully saturated rings. The molecule has 3 nitrogen and oxygen atoms in total. The van der Waals surface area contributed by atoms with Gasteiger partial charge < -0.3 is 9.47 Å². The number of ether oxygens (including phenoxy) is 2. The zero-order chi connectivity index (χ0) is 12.0. The highest BCUT2D eigenvalue weighted by atomic mass is 32.1. The van der Waals surface area contributed by atoms with Gasteiger partial charge in [-0.1, -0.05) is 0 Å². The monoisotopic (exact) mass is 240 g/mol. The van der Waals surface area contributed by atoms with Crippen molar-refractivity contribution in [3.63, 3.8) is 0 Å². The zero-order valence-corrected chi connectivity index (χ0v) is 10.4. The lowest BCUT2D eigenvalue weighted by Crippen LogP contribution is -2.13. The van der Waals surface area contributed by atoms with Gasteiger partial charge in [-0.15, -0.1) is 12.6 Å². The molecule has 0 saturated heterocycles. The third-order valence-electron chi connectivity index (χ3n) is 1.87. The van der Waals surface area contributed by atoms with E-state index in [0.29, 0.717) is 12.2 Å². The van der Waals surface area contributed by atoms with Crippen molar-refractivity contribution >= 4 is 18.6 Å². The molecule has 0 aliphatic heterocycles. The van der Waals surface area contributed by atoms with Gasteiger partial charge in [0.25, 0.3) is 0 Å². The van der Waals surface area contributed by atoms with Gasteiger partial charge in [-0.25, -0.2) is 4.79 Å². The second kappa shape index (κ2) is 6.55. The summed E-state index contributed by atoms with van der Waals surface area (Å²) in [6, 6.07) is 6.89. The van der Waals surface area contributed by atoms with Crippen molar-refractivity contribution < 1.29 is 14.3 Å². The van der Waals surface area contributed by atoms with E-state index in [-0.39, 0.29) is 18.7 Å². The van der Waals surface area contributed by atoms with E-state index in [1.807, 2.05) is 13.8 Å². The van der Waals surface area contributed by atoms with E-state index in [4.69, 9.17) is 9.47 Å². The van der Waals surface area contributed by atoms with Gasteiger partial charge in [-0.3, -0.25) is 0 Å². The van der Waals surface area contributed by atoms with Crippen LogP contribution in [-0.2, 0) is 9.47 Å². The molecule has 1 aromatic rings. The van der Waals surface area contributed by atoms with Gasteiger partial charge in [-0.2, -0.15) is 0 Å². The third-order valence-corrected chi connectivity index (χ3v) is 2.17. The number of carbonyl (C=O) groups excluding carboxylic acids is 1. The first-order chi connectivity index (χ1) is 7.59. The molecule has 0 amide bonds. The SMILES string of the molecule is CC(C)OCCOC(=O)c1ccc(S)cc1. The molecular formula is C12H16O3S. The Hall–Kier alpha value is -1.00. The highest BCUT2D eigenvalue weighted by Gasteiger charge is 2.06. The number of benzene rings is 1. The van der Waals surface area contributed by atoms with Gasteiger partial charge in [0.15, 0.2) is 0 Å². The molecule has 0 aliphatic rings. The van der Waals surface area contributed by atoms with Crippen LogP contribution in [0.25, 0.3) is 0 Å². The lowest BCUT2D eigenvalue weighted by Gasteiger charge is -2.08. The molecule has 1 rings (SSSR count). The Bertz CT molecular complexity index is 333. The van der Waals surface area contributed by atoms with Crippen molar-refractivity contribution in [2.45, 2.75) is 24.8 Å². The Morgan fingerprint density at radius 2 is 1.88 bits per heavy atom. The average molecular weight is 240 g/mol. The van der Waals surface area contributed by atoms with E-state index >= 15 is 0 Å². The maximum Gasteiger partial charge on any atom is 0.338 e. The Morgan fingerprint density at radius 1 is 1.25 bits per heavy atom. The molecule has 0 radical (unpaired) electrons. The van der Waals surface area contributed by atoms with E-state index in [1.54, 1.807) is 24.3 Å². The molecule has 88 valence electrons. The van der Waals surface area contributed by atoms with Crippen LogP contribution in [0.1, 0.15) is 24.2 Å². The maximum absolute atomic E-state index is 11.5. The summed E-state index contributed by atoms with van der Waals surface area (Å²) >= 11 is 4.14. The number of hydrogen-bond acceptors (Lipinski definition) is 4. The summed E-state index contributed by atoms with van der Waals surface area (Å²) in [4.78, 5) is 12.3. The van der Waals surface area contributed by atoms with Crippen molar-refractivity contribution in [2.24, 2.45) is 0 Å². The Morgan fingerprint density at radius 3 is 2.44 bits per heavy atom. The van der Waals surface area contributed by atoms with Gasteiger partial charge in [-0.05, 0) is 38.1 Å². The first-order valence-corrected chi connectivity index (χ1v) is 5.62. The molecule has 0 spiro atoms. The van der Waals surface area contributed by atoms with Crippen molar-refractivity contribution in [2.75, 3.05) is 13.2 Å². The van der Waals surface area contributed by atoms with Crippen molar-refractivity contribution in [3.05, 3.63) is 29.8 Å². The second-order valence-corrected chi connectivity index (χ2v) is 4.12. The fourth-order valence-corrected chi connectivity index (χ4v) is 1.25. The minimum Gasteiger partial charge on any atom is -0.460 e. The van der Waals surface area contributed by atoms with Gasteiger partial charge in [0.05, 0.1) is 18.3 Å². The molecule has 0 heterocycles. The highest BCUT2D eigenvalue weighted by molar-refractivity contribution is 7.80. The summed E-state index contributed by atoms with van der Waals surface area (Å²) in [6.07, 6.45) is 0.155. The average Bonchev–Trinajstić information content (AvgIpc) is 2.25. The molecule has 0 aromatic heterocycles. The van der Waals surface area contributed by atoms with E-state index < -0.39 is 0 Å². The number of hydrogen-bond donors (Lipinski definition) is 1. The van der Waals surface area contributed by atoms with E-state index in [9.17, 15) is 4.79 Å². The fraction of sp³-hybridized carbons (Fsp3) is 0.417. The molecule has 0 saturated carbocycles. The normalized spacial score (nSPS) is 10.5. The summed E-state index contributed by atoms with van der Waals surface area (Å²) in [7, 11) is 0. The highest BCUT2D eigenvalue weighted by Crippen LogP contribution is 2.08. The first kappa shape index (κ1) is 13.1. The van der Waals surface area contributed by atoms with Crippen LogP contribution in [0.3, 0.4) is 0 Å². The lowest BCUT2D eigenvalue weighted by atomic mass is 10.2. The van der Waals surface area contributed by atoms with Gasteiger partial charge in [0.1, 0.15) is 6.61 Å². The predicted molar refractivity (Wildman–Crippen MR) is 65.1 cm³/mol. The molecular weight excluding hydrogens is 224 g/mol. The number of esters is 1. The number of rotatable bonds is 5. The second-order valence-electron chi connectivity index (χ2n) is 3.60. The lowest BCUT2D eigenvalue weighted by molar-refractivity contribution is 0.0177. The number of carbonyl (C=O) groups is 1. The molecule has 0 bridgehead atoms. The van der Waals surface area contributed by atoms with Crippen molar-refractivity contribution in [1.29, 1.82) is 0 Å². The number of thiol groups is 1. The van der Waals surface area contributed by atoms with E-state index in [0.717, 1.165) is 4.90 Å². The third kappa shape index (κ3) is 4.68. The molecule has 0 aliphatic carbocycles. The zero-order valence-electron chi connectivity index (χ0n) is 9.47. The van der Waals surface area contributed by atoms with Crippen LogP contribution in [0, 0.1) is 0 Å². The van der Waals surface area contributed by atoms with Crippen LogP contribution in [0.5, 0.6) is 0 Å². The van der Waals surface area contributed by atoms with Crippen LogP contribution < -0.4 is 0 Å². The summed E-state index contributed by atoms with van der Waals surface area (Å²) in [5.74, 6) is -0.333. The molecule has 0 N–H and O–H groups in total. The topological polar surface area (TPSA) is 35.5 Å². The van der Waals surface area contributed by atoms with Crippen LogP contribution >= 0.6 is 12.6 Å². The van der Waals surface area contributed by atoms with Gasteiger partial charge >= 0.3 is 5.97 Å². The minimum absolute atomic E-state index is 0.155. The molecule has 16 heavy (non-hydrogen) atoms. The summed E-state index contributed by atoms with van der Waals surface area (Å²) < 4.78 is 10.3. The smallest absolute Gasteiger partial charge is 0.338 e. The van der Waals surface area contributed by atoms with Gasteiger partial charge in [0.2, 0.25) is 0 Å². The minimum atomic E-state index is -0.333. The fourth-order valence-electron chi connectivity index (χ4n) is 1.10. The Kier molecular flexibility index (Phi) is 5.35. The molecule has 4 heteroatoms. The maximum atomic E-state index is 11.5. The largest absolute Gasteiger partial charge is 0.460 e. The van der Waals surface area contributed by atoms with Crippen LogP contribution in [-0.4, -0.2) is 25.3 Å². The van der Waals surface area contributed by atoms with Crippen molar-refractivity contribution in [1.82, 2.24) is 0 Å². The van der Waals surface area contributed by atoms with Crippen LogP contribution in [0.4, 0.5) is 0 Å². The van der Waals surface area contributed by atoms with Crippen molar-refractivity contribution in [3.8, 4) is 0 Å². The standard InChI is InChI=1S/C12H16O3S/c1-9(2)14-7-8-15-12(13)10-3-5-11(16)6-4-10/h3-6,9,16H,7-8H2,1-2H3. The first-order valence-electron chi connectivity index (χ1n) is 5.17. The quantitative estimate of drug-likeness (QED) is 0.488. The van der Waals surface area contributed by atoms with Crippen LogP contribution in [0.2, 0.25) is 0 Å². The van der Waals surface area contributed by atoms with E-state index in [2.05, 4.69) is 12.6 Å².